The Morgan fingerprint density at radius 1 is 1.20 bits per heavy atom. The SMILES string of the molecule is Cn1c(-c2cccc3c2CCCN3)nc2cccnc21. The Bertz CT molecular complexity index is 788. The van der Waals surface area contributed by atoms with Crippen molar-refractivity contribution in [2.24, 2.45) is 7.05 Å². The molecule has 4 heteroatoms. The average Bonchev–Trinajstić information content (AvgIpc) is 2.84. The number of rotatable bonds is 1. The molecular formula is C16H16N4. The van der Waals surface area contributed by atoms with Crippen LogP contribution in [0, 0.1) is 0 Å². The quantitative estimate of drug-likeness (QED) is 0.734. The van der Waals surface area contributed by atoms with Crippen LogP contribution < -0.4 is 5.32 Å². The minimum absolute atomic E-state index is 0.934. The van der Waals surface area contributed by atoms with Crippen molar-refractivity contribution in [1.29, 1.82) is 0 Å². The minimum atomic E-state index is 0.934. The van der Waals surface area contributed by atoms with E-state index in [1.807, 2.05) is 25.4 Å². The number of hydrogen-bond acceptors (Lipinski definition) is 3. The van der Waals surface area contributed by atoms with Gasteiger partial charge in [-0.05, 0) is 36.6 Å². The van der Waals surface area contributed by atoms with E-state index in [2.05, 4.69) is 33.1 Å². The zero-order valence-corrected chi connectivity index (χ0v) is 11.4. The lowest BCUT2D eigenvalue weighted by molar-refractivity contribution is 0.828. The lowest BCUT2D eigenvalue weighted by Crippen LogP contribution is -2.13. The Hall–Kier alpha value is -2.36. The zero-order valence-electron chi connectivity index (χ0n) is 11.4. The fourth-order valence-corrected chi connectivity index (χ4v) is 2.98. The van der Waals surface area contributed by atoms with E-state index >= 15 is 0 Å². The number of nitrogens with one attached hydrogen (secondary N) is 1. The minimum Gasteiger partial charge on any atom is -0.385 e. The molecule has 0 aliphatic carbocycles. The summed E-state index contributed by atoms with van der Waals surface area (Å²) in [4.78, 5) is 9.19. The molecule has 0 radical (unpaired) electrons. The molecule has 4 nitrogen and oxygen atoms in total. The van der Waals surface area contributed by atoms with E-state index in [0.29, 0.717) is 0 Å². The molecule has 20 heavy (non-hydrogen) atoms. The van der Waals surface area contributed by atoms with Crippen molar-refractivity contribution in [3.63, 3.8) is 0 Å². The second-order valence-corrected chi connectivity index (χ2v) is 5.20. The van der Waals surface area contributed by atoms with Crippen molar-refractivity contribution in [2.45, 2.75) is 12.8 Å². The van der Waals surface area contributed by atoms with E-state index in [0.717, 1.165) is 30.0 Å². The molecule has 0 fully saturated rings. The first-order valence-electron chi connectivity index (χ1n) is 6.98. The summed E-state index contributed by atoms with van der Waals surface area (Å²) in [6, 6.07) is 10.4. The number of imidazole rings is 1. The summed E-state index contributed by atoms with van der Waals surface area (Å²) in [7, 11) is 2.04. The number of benzene rings is 1. The third-order valence-corrected chi connectivity index (χ3v) is 3.96. The van der Waals surface area contributed by atoms with E-state index in [1.54, 1.807) is 0 Å². The van der Waals surface area contributed by atoms with Crippen LogP contribution in [-0.2, 0) is 13.5 Å². The Morgan fingerprint density at radius 2 is 2.15 bits per heavy atom. The van der Waals surface area contributed by atoms with E-state index in [-0.39, 0.29) is 0 Å². The average molecular weight is 264 g/mol. The van der Waals surface area contributed by atoms with Crippen LogP contribution in [0.4, 0.5) is 5.69 Å². The number of fused-ring (bicyclic) bond motifs is 2. The van der Waals surface area contributed by atoms with Gasteiger partial charge in [0.05, 0.1) is 0 Å². The zero-order chi connectivity index (χ0) is 13.5. The molecule has 4 rings (SSSR count). The summed E-state index contributed by atoms with van der Waals surface area (Å²) >= 11 is 0. The van der Waals surface area contributed by atoms with Crippen molar-refractivity contribution in [3.8, 4) is 11.4 Å². The second kappa shape index (κ2) is 4.34. The molecule has 0 saturated heterocycles. The highest BCUT2D eigenvalue weighted by Gasteiger charge is 2.18. The van der Waals surface area contributed by atoms with E-state index in [1.165, 1.54) is 23.2 Å². The Balaban J connectivity index is 1.98. The Kier molecular flexibility index (Phi) is 2.49. The maximum Gasteiger partial charge on any atom is 0.159 e. The highest BCUT2D eigenvalue weighted by atomic mass is 15.1. The smallest absolute Gasteiger partial charge is 0.159 e. The van der Waals surface area contributed by atoms with Gasteiger partial charge < -0.3 is 9.88 Å². The molecule has 1 aromatic carbocycles. The Morgan fingerprint density at radius 3 is 3.05 bits per heavy atom. The van der Waals surface area contributed by atoms with Crippen LogP contribution in [0.25, 0.3) is 22.6 Å². The van der Waals surface area contributed by atoms with Crippen LogP contribution in [-0.4, -0.2) is 21.1 Å². The third-order valence-electron chi connectivity index (χ3n) is 3.96. The van der Waals surface area contributed by atoms with Crippen molar-refractivity contribution in [1.82, 2.24) is 14.5 Å². The molecule has 1 aliphatic rings. The largest absolute Gasteiger partial charge is 0.385 e. The van der Waals surface area contributed by atoms with Gasteiger partial charge in [-0.1, -0.05) is 12.1 Å². The predicted molar refractivity (Wildman–Crippen MR) is 80.8 cm³/mol. The van der Waals surface area contributed by atoms with Gasteiger partial charge in [-0.3, -0.25) is 0 Å². The normalized spacial score (nSPS) is 14.1. The fourth-order valence-electron chi connectivity index (χ4n) is 2.98. The van der Waals surface area contributed by atoms with Gasteiger partial charge in [0.1, 0.15) is 11.3 Å². The molecule has 0 bridgehead atoms. The fraction of sp³-hybridized carbons (Fsp3) is 0.250. The van der Waals surface area contributed by atoms with Gasteiger partial charge in [0.15, 0.2) is 5.65 Å². The molecule has 0 saturated carbocycles. The highest BCUT2D eigenvalue weighted by molar-refractivity contribution is 5.80. The molecule has 3 aromatic rings. The molecule has 1 N–H and O–H groups in total. The van der Waals surface area contributed by atoms with Crippen molar-refractivity contribution in [2.75, 3.05) is 11.9 Å². The summed E-state index contributed by atoms with van der Waals surface area (Å²) in [5, 5.41) is 3.47. The van der Waals surface area contributed by atoms with Crippen LogP contribution in [0.5, 0.6) is 0 Å². The maximum absolute atomic E-state index is 4.76. The molecule has 2 aromatic heterocycles. The first-order chi connectivity index (χ1) is 9.84. The number of nitrogens with zero attached hydrogens (tertiary/aromatic N) is 3. The molecule has 0 amide bonds. The van der Waals surface area contributed by atoms with Crippen molar-refractivity contribution < 1.29 is 0 Å². The summed E-state index contributed by atoms with van der Waals surface area (Å²) in [5.74, 6) is 0.999. The van der Waals surface area contributed by atoms with Crippen LogP contribution in [0.3, 0.4) is 0 Å². The molecule has 0 unspecified atom stereocenters. The summed E-state index contributed by atoms with van der Waals surface area (Å²) in [6.07, 6.45) is 4.09. The molecular weight excluding hydrogens is 248 g/mol. The van der Waals surface area contributed by atoms with Gasteiger partial charge in [-0.15, -0.1) is 0 Å². The molecule has 0 atom stereocenters. The number of aromatic nitrogens is 3. The van der Waals surface area contributed by atoms with Gasteiger partial charge in [-0.2, -0.15) is 0 Å². The lowest BCUT2D eigenvalue weighted by atomic mass is 9.97. The van der Waals surface area contributed by atoms with Crippen LogP contribution >= 0.6 is 0 Å². The lowest BCUT2D eigenvalue weighted by Gasteiger charge is -2.20. The van der Waals surface area contributed by atoms with Gasteiger partial charge >= 0.3 is 0 Å². The van der Waals surface area contributed by atoms with Gasteiger partial charge in [0, 0.05) is 31.0 Å². The monoisotopic (exact) mass is 264 g/mol. The summed E-state index contributed by atoms with van der Waals surface area (Å²) < 4.78 is 2.08. The number of anilines is 1. The summed E-state index contributed by atoms with van der Waals surface area (Å²) in [5.41, 5.74) is 5.72. The third kappa shape index (κ3) is 1.61. The first-order valence-corrected chi connectivity index (χ1v) is 6.98. The number of hydrogen-bond donors (Lipinski definition) is 1. The summed E-state index contributed by atoms with van der Waals surface area (Å²) in [6.45, 7) is 1.06. The van der Waals surface area contributed by atoms with Gasteiger partial charge in [0.25, 0.3) is 0 Å². The van der Waals surface area contributed by atoms with E-state index in [9.17, 15) is 0 Å². The molecule has 3 heterocycles. The second-order valence-electron chi connectivity index (χ2n) is 5.20. The van der Waals surface area contributed by atoms with E-state index in [4.69, 9.17) is 4.98 Å². The maximum atomic E-state index is 4.76. The molecule has 100 valence electrons. The topological polar surface area (TPSA) is 42.7 Å². The highest BCUT2D eigenvalue weighted by Crippen LogP contribution is 2.32. The number of aryl methyl sites for hydroxylation is 1. The van der Waals surface area contributed by atoms with Crippen molar-refractivity contribution >= 4 is 16.9 Å². The van der Waals surface area contributed by atoms with Gasteiger partial charge in [0.2, 0.25) is 0 Å². The Labute approximate surface area is 117 Å². The van der Waals surface area contributed by atoms with Crippen LogP contribution in [0.2, 0.25) is 0 Å². The molecule has 0 spiro atoms. The van der Waals surface area contributed by atoms with Crippen molar-refractivity contribution in [3.05, 3.63) is 42.1 Å². The van der Waals surface area contributed by atoms with Crippen LogP contribution in [0.1, 0.15) is 12.0 Å². The van der Waals surface area contributed by atoms with Gasteiger partial charge in [-0.25, -0.2) is 9.97 Å². The van der Waals surface area contributed by atoms with Crippen LogP contribution in [0.15, 0.2) is 36.5 Å². The molecule has 1 aliphatic heterocycles. The number of pyridine rings is 1. The van der Waals surface area contributed by atoms with E-state index < -0.39 is 0 Å². The predicted octanol–water partition coefficient (Wildman–Crippen LogP) is 2.99. The first kappa shape index (κ1) is 11.5. The standard InChI is InChI=1S/C16H16N4/c1-20-15(19-14-8-4-10-18-16(14)20)12-5-2-7-13-11(12)6-3-9-17-13/h2,4-5,7-8,10,17H,3,6,9H2,1H3.